The van der Waals surface area contributed by atoms with Crippen molar-refractivity contribution < 1.29 is 9.47 Å². The van der Waals surface area contributed by atoms with Crippen LogP contribution >= 0.6 is 0 Å². The van der Waals surface area contributed by atoms with Crippen molar-refractivity contribution in [2.45, 2.75) is 6.54 Å². The standard InChI is InChI=1S/C19H17N5O3/c1-26-15-9-8-14(10-16(15)27-2)24-18-17(21-22-24)19(25)23(12-20-18)11-13-6-4-3-5-7-13/h3-10,12H,11H2,1-2H3. The lowest BCUT2D eigenvalue weighted by Crippen LogP contribution is -2.21. The molecule has 0 saturated carbocycles. The second kappa shape index (κ2) is 6.91. The van der Waals surface area contributed by atoms with Crippen molar-refractivity contribution in [3.05, 3.63) is 70.8 Å². The number of nitrogens with zero attached hydrogens (tertiary/aromatic N) is 5. The van der Waals surface area contributed by atoms with Gasteiger partial charge in [-0.1, -0.05) is 35.5 Å². The van der Waals surface area contributed by atoms with Crippen LogP contribution in [-0.2, 0) is 6.54 Å². The monoisotopic (exact) mass is 363 g/mol. The molecular weight excluding hydrogens is 346 g/mol. The fourth-order valence-corrected chi connectivity index (χ4v) is 2.87. The van der Waals surface area contributed by atoms with E-state index in [1.54, 1.807) is 32.4 Å². The molecule has 8 heteroatoms. The molecule has 0 unspecified atom stereocenters. The fraction of sp³-hybridized carbons (Fsp3) is 0.158. The Morgan fingerprint density at radius 3 is 2.52 bits per heavy atom. The number of methoxy groups -OCH3 is 2. The van der Waals surface area contributed by atoms with Crippen LogP contribution in [0, 0.1) is 0 Å². The molecule has 0 spiro atoms. The van der Waals surface area contributed by atoms with Gasteiger partial charge in [-0.3, -0.25) is 9.36 Å². The van der Waals surface area contributed by atoms with Crippen LogP contribution in [0.5, 0.6) is 11.5 Å². The maximum absolute atomic E-state index is 12.8. The molecule has 0 saturated heterocycles. The van der Waals surface area contributed by atoms with Crippen LogP contribution in [-0.4, -0.2) is 38.8 Å². The van der Waals surface area contributed by atoms with E-state index >= 15 is 0 Å². The summed E-state index contributed by atoms with van der Waals surface area (Å²) in [7, 11) is 3.13. The summed E-state index contributed by atoms with van der Waals surface area (Å²) in [4.78, 5) is 17.2. The first-order valence-electron chi connectivity index (χ1n) is 8.28. The van der Waals surface area contributed by atoms with Crippen molar-refractivity contribution >= 4 is 11.2 Å². The summed E-state index contributed by atoms with van der Waals surface area (Å²) in [5.41, 5.74) is 2.03. The molecule has 0 amide bonds. The van der Waals surface area contributed by atoms with Crippen molar-refractivity contribution in [3.63, 3.8) is 0 Å². The number of ether oxygens (including phenoxy) is 2. The highest BCUT2D eigenvalue weighted by atomic mass is 16.5. The van der Waals surface area contributed by atoms with Crippen molar-refractivity contribution in [1.29, 1.82) is 0 Å². The fourth-order valence-electron chi connectivity index (χ4n) is 2.87. The smallest absolute Gasteiger partial charge is 0.283 e. The maximum atomic E-state index is 12.8. The molecule has 2 aromatic heterocycles. The highest BCUT2D eigenvalue weighted by Crippen LogP contribution is 2.29. The van der Waals surface area contributed by atoms with E-state index in [-0.39, 0.29) is 11.1 Å². The Labute approximate surface area is 154 Å². The molecule has 27 heavy (non-hydrogen) atoms. The van der Waals surface area contributed by atoms with Gasteiger partial charge in [-0.15, -0.1) is 5.10 Å². The summed E-state index contributed by atoms with van der Waals surface area (Å²) in [6.45, 7) is 0.422. The van der Waals surface area contributed by atoms with E-state index in [4.69, 9.17) is 9.47 Å². The van der Waals surface area contributed by atoms with Gasteiger partial charge in [0.25, 0.3) is 5.56 Å². The van der Waals surface area contributed by atoms with E-state index < -0.39 is 0 Å². The molecule has 0 radical (unpaired) electrons. The molecule has 8 nitrogen and oxygen atoms in total. The number of hydrogen-bond acceptors (Lipinski definition) is 6. The zero-order chi connectivity index (χ0) is 18.8. The number of fused-ring (bicyclic) bond motifs is 1. The maximum Gasteiger partial charge on any atom is 0.283 e. The molecule has 2 heterocycles. The molecule has 0 aliphatic rings. The summed E-state index contributed by atoms with van der Waals surface area (Å²) in [6.07, 6.45) is 1.51. The third-order valence-electron chi connectivity index (χ3n) is 4.24. The Kier molecular flexibility index (Phi) is 4.29. The van der Waals surface area contributed by atoms with Crippen LogP contribution in [0.1, 0.15) is 5.56 Å². The van der Waals surface area contributed by atoms with Gasteiger partial charge in [0.05, 0.1) is 26.5 Å². The largest absolute Gasteiger partial charge is 0.493 e. The Bertz CT molecular complexity index is 1150. The van der Waals surface area contributed by atoms with Crippen LogP contribution in [0.2, 0.25) is 0 Å². The van der Waals surface area contributed by atoms with Gasteiger partial charge in [0.15, 0.2) is 22.7 Å². The van der Waals surface area contributed by atoms with Gasteiger partial charge in [0.1, 0.15) is 6.33 Å². The van der Waals surface area contributed by atoms with Crippen LogP contribution in [0.25, 0.3) is 16.9 Å². The predicted octanol–water partition coefficient (Wildman–Crippen LogP) is 2.04. The minimum Gasteiger partial charge on any atom is -0.493 e. The first kappa shape index (κ1) is 16.8. The van der Waals surface area contributed by atoms with E-state index in [1.807, 2.05) is 30.3 Å². The number of rotatable bonds is 5. The molecule has 4 rings (SSSR count). The average molecular weight is 363 g/mol. The third-order valence-corrected chi connectivity index (χ3v) is 4.24. The quantitative estimate of drug-likeness (QED) is 0.540. The minimum absolute atomic E-state index is 0.211. The lowest BCUT2D eigenvalue weighted by atomic mass is 10.2. The van der Waals surface area contributed by atoms with Crippen LogP contribution in [0.4, 0.5) is 0 Å². The van der Waals surface area contributed by atoms with E-state index in [9.17, 15) is 4.79 Å². The molecule has 0 N–H and O–H groups in total. The summed E-state index contributed by atoms with van der Waals surface area (Å²) in [5.74, 6) is 1.15. The van der Waals surface area contributed by atoms with E-state index in [0.717, 1.165) is 5.56 Å². The van der Waals surface area contributed by atoms with Gasteiger partial charge in [-0.05, 0) is 17.7 Å². The summed E-state index contributed by atoms with van der Waals surface area (Å²) < 4.78 is 13.6. The molecule has 0 fully saturated rings. The lowest BCUT2D eigenvalue weighted by molar-refractivity contribution is 0.355. The summed E-state index contributed by atoms with van der Waals surface area (Å²) in [6, 6.07) is 15.0. The predicted molar refractivity (Wildman–Crippen MR) is 99.6 cm³/mol. The number of aromatic nitrogens is 5. The topological polar surface area (TPSA) is 84.1 Å². The molecular formula is C19H17N5O3. The number of benzene rings is 2. The van der Waals surface area contributed by atoms with Crippen molar-refractivity contribution in [2.75, 3.05) is 14.2 Å². The van der Waals surface area contributed by atoms with E-state index in [2.05, 4.69) is 15.3 Å². The lowest BCUT2D eigenvalue weighted by Gasteiger charge is -2.09. The van der Waals surface area contributed by atoms with Crippen LogP contribution in [0.3, 0.4) is 0 Å². The van der Waals surface area contributed by atoms with Gasteiger partial charge in [0, 0.05) is 6.07 Å². The Balaban J connectivity index is 1.77. The molecule has 2 aromatic carbocycles. The highest BCUT2D eigenvalue weighted by molar-refractivity contribution is 5.70. The van der Waals surface area contributed by atoms with Gasteiger partial charge in [-0.2, -0.15) is 4.68 Å². The third kappa shape index (κ3) is 3.01. The first-order valence-corrected chi connectivity index (χ1v) is 8.28. The molecule has 0 aliphatic heterocycles. The Morgan fingerprint density at radius 1 is 1.00 bits per heavy atom. The van der Waals surface area contributed by atoms with Crippen molar-refractivity contribution in [1.82, 2.24) is 24.5 Å². The van der Waals surface area contributed by atoms with Crippen molar-refractivity contribution in [2.24, 2.45) is 0 Å². The normalized spacial score (nSPS) is 10.9. The average Bonchev–Trinajstić information content (AvgIpc) is 3.15. The SMILES string of the molecule is COc1ccc(-n2nnc3c(=O)n(Cc4ccccc4)cnc32)cc1OC. The minimum atomic E-state index is -0.240. The second-order valence-electron chi connectivity index (χ2n) is 5.88. The van der Waals surface area contributed by atoms with Crippen LogP contribution < -0.4 is 15.0 Å². The Hall–Kier alpha value is -3.68. The first-order chi connectivity index (χ1) is 13.2. The molecule has 0 bridgehead atoms. The van der Waals surface area contributed by atoms with Gasteiger partial charge >= 0.3 is 0 Å². The second-order valence-corrected chi connectivity index (χ2v) is 5.88. The molecule has 4 aromatic rings. The number of hydrogen-bond donors (Lipinski definition) is 0. The Morgan fingerprint density at radius 2 is 1.78 bits per heavy atom. The highest BCUT2D eigenvalue weighted by Gasteiger charge is 2.15. The molecule has 0 aliphatic carbocycles. The molecule has 136 valence electrons. The van der Waals surface area contributed by atoms with E-state index in [0.29, 0.717) is 29.4 Å². The summed E-state index contributed by atoms with van der Waals surface area (Å²) in [5, 5.41) is 8.14. The van der Waals surface area contributed by atoms with Gasteiger partial charge in [0.2, 0.25) is 0 Å². The van der Waals surface area contributed by atoms with Crippen molar-refractivity contribution in [3.8, 4) is 17.2 Å². The zero-order valence-corrected chi connectivity index (χ0v) is 14.9. The van der Waals surface area contributed by atoms with Gasteiger partial charge in [-0.25, -0.2) is 4.98 Å². The van der Waals surface area contributed by atoms with Crippen LogP contribution in [0.15, 0.2) is 59.7 Å². The zero-order valence-electron chi connectivity index (χ0n) is 14.9. The molecule has 0 atom stereocenters. The van der Waals surface area contributed by atoms with E-state index in [1.165, 1.54) is 15.6 Å². The summed E-state index contributed by atoms with van der Waals surface area (Å²) >= 11 is 0. The van der Waals surface area contributed by atoms with Gasteiger partial charge < -0.3 is 9.47 Å².